The van der Waals surface area contributed by atoms with Gasteiger partial charge in [0.15, 0.2) is 5.90 Å². The summed E-state index contributed by atoms with van der Waals surface area (Å²) in [6.07, 6.45) is 0.703. The van der Waals surface area contributed by atoms with Crippen LogP contribution in [0, 0.1) is 12.8 Å². The van der Waals surface area contributed by atoms with Crippen molar-refractivity contribution in [3.63, 3.8) is 0 Å². The molecular weight excluding hydrogens is 466 g/mol. The molecule has 7 nitrogen and oxygen atoms in total. The second-order valence-corrected chi connectivity index (χ2v) is 8.71. The molecule has 3 N–H and O–H groups in total. The second-order valence-electron chi connectivity index (χ2n) is 8.27. The zero-order chi connectivity index (χ0) is 25.6. The Bertz CT molecular complexity index is 1010. The van der Waals surface area contributed by atoms with Crippen molar-refractivity contribution in [2.24, 2.45) is 10.9 Å². The summed E-state index contributed by atoms with van der Waals surface area (Å²) in [5.41, 5.74) is 3.75. The summed E-state index contributed by atoms with van der Waals surface area (Å²) in [5.74, 6) is 0.659. The van der Waals surface area contributed by atoms with Crippen molar-refractivity contribution in [2.75, 3.05) is 33.4 Å². The predicted octanol–water partition coefficient (Wildman–Crippen LogP) is 4.02. The summed E-state index contributed by atoms with van der Waals surface area (Å²) in [6.45, 7) is 7.01. The average molecular weight is 502 g/mol. The molecule has 2 aromatic rings. The highest BCUT2D eigenvalue weighted by atomic mass is 35.5. The number of nitrogens with zero attached hydrogens (tertiary/aromatic N) is 1. The van der Waals surface area contributed by atoms with Gasteiger partial charge in [-0.15, -0.1) is 0 Å². The van der Waals surface area contributed by atoms with Gasteiger partial charge < -0.3 is 25.2 Å². The minimum absolute atomic E-state index is 0.0490. The van der Waals surface area contributed by atoms with E-state index in [0.29, 0.717) is 48.5 Å². The number of rotatable bonds is 13. The monoisotopic (exact) mass is 501 g/mol. The molecule has 0 aliphatic rings. The van der Waals surface area contributed by atoms with Crippen molar-refractivity contribution in [3.05, 3.63) is 81.6 Å². The van der Waals surface area contributed by atoms with Crippen molar-refractivity contribution in [2.45, 2.75) is 33.8 Å². The van der Waals surface area contributed by atoms with Gasteiger partial charge in [-0.25, -0.2) is 0 Å². The largest absolute Gasteiger partial charge is 0.476 e. The van der Waals surface area contributed by atoms with E-state index in [1.807, 2.05) is 56.3 Å². The Kier molecular flexibility index (Phi) is 12.3. The van der Waals surface area contributed by atoms with Gasteiger partial charge in [0.25, 0.3) is 5.91 Å². The van der Waals surface area contributed by atoms with Gasteiger partial charge in [-0.05, 0) is 43.5 Å². The highest BCUT2D eigenvalue weighted by Crippen LogP contribution is 2.17. The third kappa shape index (κ3) is 10.1. The van der Waals surface area contributed by atoms with E-state index in [0.717, 1.165) is 16.7 Å². The number of carbonyl (C=O) groups excluding carboxylic acids is 1. The van der Waals surface area contributed by atoms with Crippen LogP contribution in [0.2, 0.25) is 5.02 Å². The maximum atomic E-state index is 12.6. The number of halogens is 1. The lowest BCUT2D eigenvalue weighted by Gasteiger charge is -2.18. The van der Waals surface area contributed by atoms with Crippen LogP contribution in [0.3, 0.4) is 0 Å². The molecule has 190 valence electrons. The van der Waals surface area contributed by atoms with E-state index in [1.165, 1.54) is 0 Å². The Balaban J connectivity index is 2.23. The second kappa shape index (κ2) is 15.2. The number of aliphatic hydroxyl groups is 1. The summed E-state index contributed by atoms with van der Waals surface area (Å²) in [6, 6.07) is 15.8. The Morgan fingerprint density at radius 2 is 1.89 bits per heavy atom. The minimum atomic E-state index is -0.255. The van der Waals surface area contributed by atoms with Crippen LogP contribution in [-0.4, -0.2) is 50.3 Å². The maximum Gasteiger partial charge on any atom is 0.250 e. The Hall–Kier alpha value is -2.87. The van der Waals surface area contributed by atoms with Crippen LogP contribution < -0.4 is 10.6 Å². The summed E-state index contributed by atoms with van der Waals surface area (Å²) < 4.78 is 11.4. The van der Waals surface area contributed by atoms with E-state index in [1.54, 1.807) is 14.0 Å². The van der Waals surface area contributed by atoms with E-state index >= 15 is 0 Å². The summed E-state index contributed by atoms with van der Waals surface area (Å²) >= 11 is 6.03. The van der Waals surface area contributed by atoms with Gasteiger partial charge in [0.2, 0.25) is 0 Å². The van der Waals surface area contributed by atoms with Crippen LogP contribution in [0.4, 0.5) is 0 Å². The van der Waals surface area contributed by atoms with E-state index < -0.39 is 0 Å². The molecule has 35 heavy (non-hydrogen) atoms. The van der Waals surface area contributed by atoms with Gasteiger partial charge in [0.05, 0.1) is 25.4 Å². The van der Waals surface area contributed by atoms with Crippen LogP contribution in [-0.2, 0) is 27.3 Å². The number of hydrogen-bond donors (Lipinski definition) is 3. The molecule has 1 amide bonds. The smallest absolute Gasteiger partial charge is 0.250 e. The third-order valence-corrected chi connectivity index (χ3v) is 5.52. The topological polar surface area (TPSA) is 92.2 Å². The van der Waals surface area contributed by atoms with Gasteiger partial charge in [-0.1, -0.05) is 60.5 Å². The maximum absolute atomic E-state index is 12.6. The van der Waals surface area contributed by atoms with Crippen LogP contribution in [0.5, 0.6) is 0 Å². The van der Waals surface area contributed by atoms with Crippen molar-refractivity contribution in [1.82, 2.24) is 10.6 Å². The van der Waals surface area contributed by atoms with Crippen LogP contribution in [0.1, 0.15) is 30.5 Å². The number of benzene rings is 2. The summed E-state index contributed by atoms with van der Waals surface area (Å²) in [5, 5.41) is 15.3. The molecule has 1 unspecified atom stereocenters. The molecule has 0 aromatic heterocycles. The lowest BCUT2D eigenvalue weighted by atomic mass is 10.0. The Labute approximate surface area is 213 Å². The fraction of sp³-hybridized carbons (Fsp3) is 0.407. The first-order chi connectivity index (χ1) is 16.8. The van der Waals surface area contributed by atoms with Crippen molar-refractivity contribution < 1.29 is 19.4 Å². The Morgan fingerprint density at radius 1 is 1.14 bits per heavy atom. The molecule has 0 bridgehead atoms. The lowest BCUT2D eigenvalue weighted by Crippen LogP contribution is -2.30. The molecule has 2 aromatic carbocycles. The molecule has 0 saturated heterocycles. The fourth-order valence-corrected chi connectivity index (χ4v) is 3.51. The Morgan fingerprint density at radius 3 is 2.54 bits per heavy atom. The van der Waals surface area contributed by atoms with Crippen LogP contribution >= 0.6 is 11.6 Å². The van der Waals surface area contributed by atoms with E-state index in [9.17, 15) is 4.79 Å². The fourth-order valence-electron chi connectivity index (χ4n) is 3.39. The first-order valence-corrected chi connectivity index (χ1v) is 12.1. The van der Waals surface area contributed by atoms with Gasteiger partial charge in [-0.2, -0.15) is 4.99 Å². The summed E-state index contributed by atoms with van der Waals surface area (Å²) in [4.78, 5) is 17.4. The molecule has 0 heterocycles. The number of hydrogen-bond acceptors (Lipinski definition) is 6. The van der Waals surface area contributed by atoms with Crippen LogP contribution in [0.25, 0.3) is 0 Å². The first kappa shape index (κ1) is 28.4. The molecule has 1 atom stereocenters. The zero-order valence-electron chi connectivity index (χ0n) is 20.9. The normalized spacial score (nSPS) is 13.1. The van der Waals surface area contributed by atoms with E-state index in [-0.39, 0.29) is 25.0 Å². The van der Waals surface area contributed by atoms with Crippen molar-refractivity contribution >= 4 is 23.4 Å². The number of aliphatic imine (C=N–C) groups is 1. The quantitative estimate of drug-likeness (QED) is 0.167. The molecule has 0 aliphatic heterocycles. The minimum Gasteiger partial charge on any atom is -0.476 e. The summed E-state index contributed by atoms with van der Waals surface area (Å²) in [7, 11) is 1.72. The standard InChI is InChI=1S/C27H36ClN3O4/c1-19-6-5-7-23(16-19)18-35-27(20(2)17-22-8-10-24(28)11-9-22)31-25(29-4)21(3)26(33)30-12-14-34-15-13-32/h5-11,16,20,29,32H,12-15,17-18H2,1-4H3,(H,30,33)/b25-21+,31-27?. The molecule has 0 fully saturated rings. The van der Waals surface area contributed by atoms with Gasteiger partial charge in [-0.3, -0.25) is 4.79 Å². The van der Waals surface area contributed by atoms with Crippen molar-refractivity contribution in [3.8, 4) is 0 Å². The molecule has 0 radical (unpaired) electrons. The van der Waals surface area contributed by atoms with Gasteiger partial charge >= 0.3 is 0 Å². The number of carbonyl (C=O) groups is 1. The predicted molar refractivity (Wildman–Crippen MR) is 140 cm³/mol. The van der Waals surface area contributed by atoms with Gasteiger partial charge in [0.1, 0.15) is 12.4 Å². The lowest BCUT2D eigenvalue weighted by molar-refractivity contribution is -0.117. The average Bonchev–Trinajstić information content (AvgIpc) is 2.85. The van der Waals surface area contributed by atoms with E-state index in [2.05, 4.69) is 16.7 Å². The number of aryl methyl sites for hydroxylation is 1. The number of ether oxygens (including phenoxy) is 2. The first-order valence-electron chi connectivity index (χ1n) is 11.7. The van der Waals surface area contributed by atoms with Crippen molar-refractivity contribution in [1.29, 1.82) is 0 Å². The molecule has 0 spiro atoms. The molecule has 0 aliphatic carbocycles. The highest BCUT2D eigenvalue weighted by molar-refractivity contribution is 6.30. The molecule has 0 saturated carbocycles. The van der Waals surface area contributed by atoms with Crippen LogP contribution in [0.15, 0.2) is 64.9 Å². The zero-order valence-corrected chi connectivity index (χ0v) is 21.7. The van der Waals surface area contributed by atoms with Gasteiger partial charge in [0, 0.05) is 24.5 Å². The molecular formula is C27H36ClN3O4. The number of nitrogens with one attached hydrogen (secondary N) is 2. The number of aliphatic hydroxyl groups excluding tert-OH is 1. The van der Waals surface area contributed by atoms with E-state index in [4.69, 9.17) is 31.2 Å². The molecule has 2 rings (SSSR count). The molecule has 8 heteroatoms. The third-order valence-electron chi connectivity index (χ3n) is 5.27. The highest BCUT2D eigenvalue weighted by Gasteiger charge is 2.17. The number of amides is 1. The SMILES string of the molecule is CN/C(N=C(OCc1cccc(C)c1)C(C)Cc1ccc(Cl)cc1)=C(/C)C(=O)NCCOCCO.